The lowest BCUT2D eigenvalue weighted by molar-refractivity contribution is 0.0730. The van der Waals surface area contributed by atoms with Crippen molar-refractivity contribution in [3.05, 3.63) is 42.1 Å². The van der Waals surface area contributed by atoms with Crippen molar-refractivity contribution >= 4 is 11.6 Å². The zero-order valence-corrected chi connectivity index (χ0v) is 12.0. The van der Waals surface area contributed by atoms with Crippen LogP contribution in [0.5, 0.6) is 0 Å². The van der Waals surface area contributed by atoms with E-state index >= 15 is 0 Å². The van der Waals surface area contributed by atoms with Gasteiger partial charge in [0.25, 0.3) is 5.91 Å². The van der Waals surface area contributed by atoms with Crippen molar-refractivity contribution in [3.8, 4) is 0 Å². The molecule has 2 heterocycles. The van der Waals surface area contributed by atoms with E-state index in [9.17, 15) is 4.79 Å². The van der Waals surface area contributed by atoms with Gasteiger partial charge in [0.05, 0.1) is 18.5 Å². The number of anilines is 1. The van der Waals surface area contributed by atoms with Crippen LogP contribution in [0.4, 0.5) is 5.69 Å². The Labute approximate surface area is 119 Å². The van der Waals surface area contributed by atoms with E-state index in [2.05, 4.69) is 6.92 Å². The number of carbonyl (C=O) groups excluding carboxylic acids is 1. The molecule has 2 aromatic heterocycles. The first-order chi connectivity index (χ1) is 9.65. The van der Waals surface area contributed by atoms with Crippen LogP contribution >= 0.6 is 0 Å². The van der Waals surface area contributed by atoms with Gasteiger partial charge < -0.3 is 19.6 Å². The molecule has 2 N–H and O–H groups in total. The first-order valence-corrected chi connectivity index (χ1v) is 6.93. The maximum Gasteiger partial charge on any atom is 0.270 e. The summed E-state index contributed by atoms with van der Waals surface area (Å²) in [7, 11) is 0. The third-order valence-electron chi connectivity index (χ3n) is 3.20. The molecule has 0 spiro atoms. The number of nitrogens with zero attached hydrogens (tertiary/aromatic N) is 2. The van der Waals surface area contributed by atoms with Crippen molar-refractivity contribution < 1.29 is 9.21 Å². The number of hydrogen-bond donors (Lipinski definition) is 1. The molecule has 1 amide bonds. The molecule has 0 radical (unpaired) electrons. The van der Waals surface area contributed by atoms with Gasteiger partial charge in [0, 0.05) is 19.3 Å². The predicted octanol–water partition coefficient (Wildman–Crippen LogP) is 2.74. The molecule has 108 valence electrons. The van der Waals surface area contributed by atoms with Gasteiger partial charge in [-0.3, -0.25) is 4.79 Å². The Morgan fingerprint density at radius 2 is 2.25 bits per heavy atom. The summed E-state index contributed by atoms with van der Waals surface area (Å²) in [6.07, 6.45) is 4.39. The molecule has 2 aromatic rings. The summed E-state index contributed by atoms with van der Waals surface area (Å²) in [5.74, 6) is 0.760. The second-order valence-electron chi connectivity index (χ2n) is 4.75. The van der Waals surface area contributed by atoms with Crippen LogP contribution < -0.4 is 5.73 Å². The first kappa shape index (κ1) is 14.2. The molecular weight excluding hydrogens is 254 g/mol. The highest BCUT2D eigenvalue weighted by molar-refractivity contribution is 5.93. The standard InChI is InChI=1S/C15H21N3O2/c1-3-7-18-10-12(16)9-14(18)15(19)17(4-2)11-13-6-5-8-20-13/h5-6,8-10H,3-4,7,11,16H2,1-2H3. The molecule has 20 heavy (non-hydrogen) atoms. The number of aryl methyl sites for hydroxylation is 1. The minimum Gasteiger partial charge on any atom is -0.467 e. The summed E-state index contributed by atoms with van der Waals surface area (Å²) >= 11 is 0. The molecule has 0 aliphatic carbocycles. The number of hydrogen-bond acceptors (Lipinski definition) is 3. The van der Waals surface area contributed by atoms with Gasteiger partial charge in [0.15, 0.2) is 0 Å². The van der Waals surface area contributed by atoms with Gasteiger partial charge in [0.1, 0.15) is 11.5 Å². The van der Waals surface area contributed by atoms with Gasteiger partial charge in [-0.1, -0.05) is 6.92 Å². The minimum absolute atomic E-state index is 0.0194. The highest BCUT2D eigenvalue weighted by Crippen LogP contribution is 2.16. The second kappa shape index (κ2) is 6.32. The Kier molecular flexibility index (Phi) is 4.50. The van der Waals surface area contributed by atoms with Crippen LogP contribution in [-0.4, -0.2) is 21.9 Å². The highest BCUT2D eigenvalue weighted by atomic mass is 16.3. The number of amides is 1. The van der Waals surface area contributed by atoms with Crippen LogP contribution in [0, 0.1) is 0 Å². The van der Waals surface area contributed by atoms with Crippen LogP contribution in [0.25, 0.3) is 0 Å². The fraction of sp³-hybridized carbons (Fsp3) is 0.400. The van der Waals surface area contributed by atoms with E-state index in [4.69, 9.17) is 10.2 Å². The molecule has 0 fully saturated rings. The number of nitrogens with two attached hydrogens (primary N) is 1. The number of rotatable bonds is 6. The third-order valence-corrected chi connectivity index (χ3v) is 3.20. The van der Waals surface area contributed by atoms with Gasteiger partial charge in [-0.15, -0.1) is 0 Å². The Bertz CT molecular complexity index is 558. The zero-order valence-electron chi connectivity index (χ0n) is 12.0. The number of carbonyl (C=O) groups is 1. The smallest absolute Gasteiger partial charge is 0.270 e. The first-order valence-electron chi connectivity index (χ1n) is 6.93. The Balaban J connectivity index is 2.19. The molecule has 0 aromatic carbocycles. The van der Waals surface area contributed by atoms with Gasteiger partial charge in [-0.25, -0.2) is 0 Å². The maximum absolute atomic E-state index is 12.6. The van der Waals surface area contributed by atoms with Crippen molar-refractivity contribution in [1.82, 2.24) is 9.47 Å². The average Bonchev–Trinajstić information content (AvgIpc) is 3.05. The van der Waals surface area contributed by atoms with Crippen molar-refractivity contribution in [2.75, 3.05) is 12.3 Å². The van der Waals surface area contributed by atoms with Crippen molar-refractivity contribution in [1.29, 1.82) is 0 Å². The molecule has 0 aliphatic rings. The molecule has 5 nitrogen and oxygen atoms in total. The summed E-state index contributed by atoms with van der Waals surface area (Å²) in [6.45, 7) is 5.91. The molecule has 0 saturated carbocycles. The van der Waals surface area contributed by atoms with Crippen molar-refractivity contribution in [3.63, 3.8) is 0 Å². The molecule has 0 unspecified atom stereocenters. The lowest BCUT2D eigenvalue weighted by Gasteiger charge is -2.20. The zero-order chi connectivity index (χ0) is 14.5. The predicted molar refractivity (Wildman–Crippen MR) is 78.3 cm³/mol. The van der Waals surface area contributed by atoms with Crippen LogP contribution in [0.15, 0.2) is 35.1 Å². The summed E-state index contributed by atoms with van der Waals surface area (Å²) < 4.78 is 7.23. The summed E-state index contributed by atoms with van der Waals surface area (Å²) in [4.78, 5) is 14.4. The van der Waals surface area contributed by atoms with E-state index < -0.39 is 0 Å². The SMILES string of the molecule is CCCn1cc(N)cc1C(=O)N(CC)Cc1ccco1. The minimum atomic E-state index is -0.0194. The summed E-state index contributed by atoms with van der Waals surface area (Å²) in [5.41, 5.74) is 7.07. The number of furan rings is 1. The summed E-state index contributed by atoms with van der Waals surface area (Å²) in [5, 5.41) is 0. The Hall–Kier alpha value is -2.17. The fourth-order valence-electron chi connectivity index (χ4n) is 2.22. The molecular formula is C15H21N3O2. The normalized spacial score (nSPS) is 10.7. The van der Waals surface area contributed by atoms with Crippen molar-refractivity contribution in [2.24, 2.45) is 0 Å². The maximum atomic E-state index is 12.6. The molecule has 0 saturated heterocycles. The van der Waals surface area contributed by atoms with Crippen LogP contribution in [0.3, 0.4) is 0 Å². The Morgan fingerprint density at radius 3 is 2.85 bits per heavy atom. The van der Waals surface area contributed by atoms with Crippen LogP contribution in [0.2, 0.25) is 0 Å². The lowest BCUT2D eigenvalue weighted by atomic mass is 10.3. The van der Waals surface area contributed by atoms with E-state index in [1.165, 1.54) is 0 Å². The van der Waals surface area contributed by atoms with E-state index in [-0.39, 0.29) is 5.91 Å². The number of nitrogen functional groups attached to an aromatic ring is 1. The number of aromatic nitrogens is 1. The highest BCUT2D eigenvalue weighted by Gasteiger charge is 2.19. The molecule has 2 rings (SSSR count). The third kappa shape index (κ3) is 3.04. The lowest BCUT2D eigenvalue weighted by Crippen LogP contribution is -2.31. The molecule has 0 aliphatic heterocycles. The van der Waals surface area contributed by atoms with Crippen molar-refractivity contribution in [2.45, 2.75) is 33.4 Å². The van der Waals surface area contributed by atoms with Gasteiger partial charge in [-0.2, -0.15) is 0 Å². The van der Waals surface area contributed by atoms with Gasteiger partial charge >= 0.3 is 0 Å². The van der Waals surface area contributed by atoms with E-state index in [0.29, 0.717) is 24.5 Å². The van der Waals surface area contributed by atoms with Gasteiger partial charge in [0.2, 0.25) is 0 Å². The Morgan fingerprint density at radius 1 is 1.45 bits per heavy atom. The second-order valence-corrected chi connectivity index (χ2v) is 4.75. The van der Waals surface area contributed by atoms with E-state index in [1.807, 2.05) is 29.8 Å². The van der Waals surface area contributed by atoms with Gasteiger partial charge in [-0.05, 0) is 31.5 Å². The van der Waals surface area contributed by atoms with Crippen LogP contribution in [-0.2, 0) is 13.1 Å². The average molecular weight is 275 g/mol. The largest absolute Gasteiger partial charge is 0.467 e. The summed E-state index contributed by atoms with van der Waals surface area (Å²) in [6, 6.07) is 5.43. The molecule has 5 heteroatoms. The van der Waals surface area contributed by atoms with E-state index in [1.54, 1.807) is 17.2 Å². The topological polar surface area (TPSA) is 64.4 Å². The molecule has 0 bridgehead atoms. The molecule has 0 atom stereocenters. The monoisotopic (exact) mass is 275 g/mol. The fourth-order valence-corrected chi connectivity index (χ4v) is 2.22. The van der Waals surface area contributed by atoms with E-state index in [0.717, 1.165) is 18.7 Å². The van der Waals surface area contributed by atoms with Crippen LogP contribution in [0.1, 0.15) is 36.5 Å². The quantitative estimate of drug-likeness (QED) is 0.881.